The van der Waals surface area contributed by atoms with Gasteiger partial charge < -0.3 is 10.6 Å². The molecule has 0 atom stereocenters. The van der Waals surface area contributed by atoms with Gasteiger partial charge in [-0.15, -0.1) is 0 Å². The van der Waals surface area contributed by atoms with Crippen molar-refractivity contribution in [3.8, 4) is 0 Å². The maximum atomic E-state index is 12.4. The predicted octanol–water partition coefficient (Wildman–Crippen LogP) is 3.12. The van der Waals surface area contributed by atoms with Crippen LogP contribution in [0, 0.1) is 0 Å². The summed E-state index contributed by atoms with van der Waals surface area (Å²) in [7, 11) is 0. The number of nitrogen functional groups attached to an aromatic ring is 1. The van der Waals surface area contributed by atoms with Gasteiger partial charge in [-0.1, -0.05) is 30.7 Å². The zero-order valence-electron chi connectivity index (χ0n) is 13.4. The molecule has 0 aromatic heterocycles. The van der Waals surface area contributed by atoms with Crippen molar-refractivity contribution < 1.29 is 9.59 Å². The molecule has 1 aromatic carbocycles. The summed E-state index contributed by atoms with van der Waals surface area (Å²) in [6.07, 6.45) is 5.48. The molecule has 2 N–H and O–H groups in total. The van der Waals surface area contributed by atoms with Crippen LogP contribution in [0.1, 0.15) is 32.3 Å². The molecule has 0 saturated carbocycles. The van der Waals surface area contributed by atoms with Crippen molar-refractivity contribution in [3.63, 3.8) is 0 Å². The topological polar surface area (TPSA) is 63.4 Å². The lowest BCUT2D eigenvalue weighted by atomic mass is 10.1. The molecule has 1 aliphatic heterocycles. The Kier molecular flexibility index (Phi) is 3.90. The second-order valence-corrected chi connectivity index (χ2v) is 5.97. The summed E-state index contributed by atoms with van der Waals surface area (Å²) in [4.78, 5) is 26.3. The summed E-state index contributed by atoms with van der Waals surface area (Å²) in [6.45, 7) is 4.54. The van der Waals surface area contributed by atoms with E-state index in [4.69, 9.17) is 5.73 Å². The summed E-state index contributed by atoms with van der Waals surface area (Å²) >= 11 is 0. The predicted molar refractivity (Wildman–Crippen MR) is 90.2 cm³/mol. The van der Waals surface area contributed by atoms with Crippen molar-refractivity contribution in [1.29, 1.82) is 0 Å². The lowest BCUT2D eigenvalue weighted by Gasteiger charge is -2.18. The number of amides is 1. The van der Waals surface area contributed by atoms with E-state index in [1.54, 1.807) is 17.0 Å². The third-order valence-corrected chi connectivity index (χ3v) is 4.42. The van der Waals surface area contributed by atoms with E-state index in [1.807, 2.05) is 24.3 Å². The Labute approximate surface area is 136 Å². The number of carbonyl (C=O) groups is 2. The van der Waals surface area contributed by atoms with E-state index in [0.29, 0.717) is 24.2 Å². The Hall–Kier alpha value is -2.62. The fourth-order valence-corrected chi connectivity index (χ4v) is 3.00. The molecule has 1 saturated heterocycles. The second kappa shape index (κ2) is 5.88. The number of nitrogens with zero attached hydrogens (tertiary/aromatic N) is 1. The van der Waals surface area contributed by atoms with Gasteiger partial charge in [-0.2, -0.15) is 0 Å². The molecule has 118 valence electrons. The SMILES string of the molecule is CCC1=C(C)CC=C2C(=O)C(=O)N(Cc3ccc(N)cc3)C2=C1. The summed E-state index contributed by atoms with van der Waals surface area (Å²) in [6, 6.07) is 7.37. The van der Waals surface area contributed by atoms with Crippen LogP contribution in [-0.2, 0) is 16.1 Å². The number of fused-ring (bicyclic) bond motifs is 1. The molecular weight excluding hydrogens is 288 g/mol. The van der Waals surface area contributed by atoms with E-state index >= 15 is 0 Å². The molecule has 1 heterocycles. The Bertz CT molecular complexity index is 767. The summed E-state index contributed by atoms with van der Waals surface area (Å²) in [5.41, 5.74) is 11.0. The Morgan fingerprint density at radius 1 is 1.17 bits per heavy atom. The largest absolute Gasteiger partial charge is 0.399 e. The molecule has 0 radical (unpaired) electrons. The molecule has 0 unspecified atom stereocenters. The van der Waals surface area contributed by atoms with Crippen molar-refractivity contribution in [2.24, 2.45) is 0 Å². The first-order chi connectivity index (χ1) is 11.0. The third kappa shape index (κ3) is 2.72. The molecule has 1 aromatic rings. The van der Waals surface area contributed by atoms with Crippen LogP contribution in [0.3, 0.4) is 0 Å². The van der Waals surface area contributed by atoms with Gasteiger partial charge in [0.1, 0.15) is 0 Å². The zero-order valence-corrected chi connectivity index (χ0v) is 13.4. The highest BCUT2D eigenvalue weighted by Gasteiger charge is 2.39. The maximum absolute atomic E-state index is 12.4. The van der Waals surface area contributed by atoms with E-state index in [1.165, 1.54) is 11.1 Å². The number of hydrogen-bond acceptors (Lipinski definition) is 3. The van der Waals surface area contributed by atoms with E-state index in [2.05, 4.69) is 13.8 Å². The molecule has 0 bridgehead atoms. The normalized spacial score (nSPS) is 17.9. The number of nitrogens with two attached hydrogens (primary N) is 1. The van der Waals surface area contributed by atoms with Gasteiger partial charge in [0.15, 0.2) is 0 Å². The van der Waals surface area contributed by atoms with Gasteiger partial charge >= 0.3 is 0 Å². The molecule has 1 amide bonds. The van der Waals surface area contributed by atoms with Crippen molar-refractivity contribution in [3.05, 3.63) is 64.4 Å². The fraction of sp³-hybridized carbons (Fsp3) is 0.263. The maximum Gasteiger partial charge on any atom is 0.299 e. The molecule has 3 rings (SSSR count). The standard InChI is InChI=1S/C19H20N2O2/c1-3-14-10-17-16(9-4-12(14)2)18(22)19(23)21(17)11-13-5-7-15(20)8-6-13/h5-10H,3-4,11,20H2,1-2H3. The smallest absolute Gasteiger partial charge is 0.299 e. The minimum Gasteiger partial charge on any atom is -0.399 e. The number of anilines is 1. The number of likely N-dealkylation sites (tertiary alicyclic amines) is 1. The van der Waals surface area contributed by atoms with Crippen LogP contribution < -0.4 is 5.73 Å². The third-order valence-electron chi connectivity index (χ3n) is 4.42. The minimum absolute atomic E-state index is 0.379. The lowest BCUT2D eigenvalue weighted by Crippen LogP contribution is -2.26. The fourth-order valence-electron chi connectivity index (χ4n) is 3.00. The van der Waals surface area contributed by atoms with Crippen LogP contribution in [0.2, 0.25) is 0 Å². The van der Waals surface area contributed by atoms with E-state index in [-0.39, 0.29) is 0 Å². The van der Waals surface area contributed by atoms with Gasteiger partial charge in [-0.05, 0) is 49.1 Å². The van der Waals surface area contributed by atoms with Gasteiger partial charge in [-0.25, -0.2) is 0 Å². The van der Waals surface area contributed by atoms with E-state index in [9.17, 15) is 9.59 Å². The van der Waals surface area contributed by atoms with Crippen LogP contribution in [0.4, 0.5) is 5.69 Å². The average Bonchev–Trinajstić information content (AvgIpc) is 2.68. The number of hydrogen-bond donors (Lipinski definition) is 1. The zero-order chi connectivity index (χ0) is 16.6. The Morgan fingerprint density at radius 3 is 2.52 bits per heavy atom. The van der Waals surface area contributed by atoms with Gasteiger partial charge in [0.05, 0.1) is 12.2 Å². The highest BCUT2D eigenvalue weighted by Crippen LogP contribution is 2.33. The number of rotatable bonds is 3. The van der Waals surface area contributed by atoms with Crippen molar-refractivity contribution in [2.75, 3.05) is 5.73 Å². The quantitative estimate of drug-likeness (QED) is 0.689. The molecule has 1 aliphatic carbocycles. The number of ketones is 1. The minimum atomic E-state index is -0.450. The van der Waals surface area contributed by atoms with E-state index in [0.717, 1.165) is 17.7 Å². The van der Waals surface area contributed by atoms with Crippen LogP contribution >= 0.6 is 0 Å². The summed E-state index contributed by atoms with van der Waals surface area (Å²) < 4.78 is 0. The van der Waals surface area contributed by atoms with Crippen molar-refractivity contribution in [2.45, 2.75) is 33.2 Å². The molecule has 4 nitrogen and oxygen atoms in total. The van der Waals surface area contributed by atoms with Gasteiger partial charge in [-0.3, -0.25) is 9.59 Å². The first kappa shape index (κ1) is 15.3. The molecule has 4 heteroatoms. The van der Waals surface area contributed by atoms with E-state index < -0.39 is 11.7 Å². The molecule has 0 spiro atoms. The number of benzene rings is 1. The molecule has 2 aliphatic rings. The van der Waals surface area contributed by atoms with Gasteiger partial charge in [0.25, 0.3) is 11.7 Å². The number of carbonyl (C=O) groups excluding carboxylic acids is 2. The highest BCUT2D eigenvalue weighted by atomic mass is 16.2. The van der Waals surface area contributed by atoms with Crippen molar-refractivity contribution >= 4 is 17.4 Å². The lowest BCUT2D eigenvalue weighted by molar-refractivity contribution is -0.139. The van der Waals surface area contributed by atoms with Crippen LogP contribution in [0.5, 0.6) is 0 Å². The monoisotopic (exact) mass is 308 g/mol. The Morgan fingerprint density at radius 2 is 1.87 bits per heavy atom. The number of Topliss-reactive ketones (excluding diaryl/α,β-unsaturated/α-hetero) is 1. The van der Waals surface area contributed by atoms with Crippen molar-refractivity contribution in [1.82, 2.24) is 4.90 Å². The molecule has 1 fully saturated rings. The van der Waals surface area contributed by atoms with Gasteiger partial charge in [0.2, 0.25) is 0 Å². The van der Waals surface area contributed by atoms with Crippen LogP contribution in [-0.4, -0.2) is 16.6 Å². The summed E-state index contributed by atoms with van der Waals surface area (Å²) in [5.74, 6) is -0.855. The Balaban J connectivity index is 2.00. The van der Waals surface area contributed by atoms with Crippen LogP contribution in [0.25, 0.3) is 0 Å². The summed E-state index contributed by atoms with van der Waals surface area (Å²) in [5, 5.41) is 0. The average molecular weight is 308 g/mol. The van der Waals surface area contributed by atoms with Crippen LogP contribution in [0.15, 0.2) is 58.8 Å². The first-order valence-corrected chi connectivity index (χ1v) is 7.82. The second-order valence-electron chi connectivity index (χ2n) is 5.97. The molecular formula is C19H20N2O2. The number of allylic oxidation sites excluding steroid dienone is 5. The highest BCUT2D eigenvalue weighted by molar-refractivity contribution is 6.47. The van der Waals surface area contributed by atoms with Gasteiger partial charge in [0, 0.05) is 11.3 Å². The first-order valence-electron chi connectivity index (χ1n) is 7.82. The molecule has 23 heavy (non-hydrogen) atoms.